The second-order valence-electron chi connectivity index (χ2n) is 9.92. The first-order valence-electron chi connectivity index (χ1n) is 12.4. The first-order valence-corrected chi connectivity index (χ1v) is 12.4. The quantitative estimate of drug-likeness (QED) is 0.387. The molecule has 5 rings (SSSR count). The van der Waals surface area contributed by atoms with Crippen molar-refractivity contribution in [2.75, 3.05) is 32.6 Å². The number of imidazole rings is 1. The molecule has 2 aliphatic carbocycles. The maximum atomic E-state index is 12.3. The standard InChI is InChI=1S/C27H34N6O2/c1-4-5-19-15-29-27-24(23(19)30-22-18-7-6-17(14-18)21(22)25(28)34)31-26(32-27)16-8-10-20(11-9-16)35-13-12-33(2)3/h6-11,15,17-18,21-22H,4-5,12-14H2,1-3H3,(H2,28,34)(H2,29,30,31,32). The zero-order valence-corrected chi connectivity index (χ0v) is 20.6. The highest BCUT2D eigenvalue weighted by molar-refractivity contribution is 5.90. The Hall–Kier alpha value is -3.39. The molecule has 2 aromatic heterocycles. The number of aryl methyl sites for hydroxylation is 1. The van der Waals surface area contributed by atoms with Crippen molar-refractivity contribution >= 4 is 22.8 Å². The molecule has 2 bridgehead atoms. The van der Waals surface area contributed by atoms with Crippen molar-refractivity contribution in [2.45, 2.75) is 32.2 Å². The smallest absolute Gasteiger partial charge is 0.223 e. The summed E-state index contributed by atoms with van der Waals surface area (Å²) in [6, 6.07) is 7.92. The van der Waals surface area contributed by atoms with E-state index in [1.54, 1.807) is 0 Å². The van der Waals surface area contributed by atoms with Gasteiger partial charge in [0, 0.05) is 24.3 Å². The molecule has 0 saturated heterocycles. The van der Waals surface area contributed by atoms with Crippen LogP contribution < -0.4 is 15.8 Å². The lowest BCUT2D eigenvalue weighted by Crippen LogP contribution is -2.41. The molecule has 0 radical (unpaired) electrons. The number of allylic oxidation sites excluding steroid dienone is 1. The average Bonchev–Trinajstić information content (AvgIpc) is 3.55. The SMILES string of the molecule is CCCc1cnc2nc(-c3ccc(OCCN(C)C)cc3)[nH]c2c1NC1C2C=CC(C2)C1C(N)=O. The van der Waals surface area contributed by atoms with Crippen LogP contribution in [0.1, 0.15) is 25.3 Å². The number of hydrogen-bond donors (Lipinski definition) is 3. The number of amides is 1. The zero-order chi connectivity index (χ0) is 24.5. The molecule has 2 aliphatic rings. The minimum atomic E-state index is -0.236. The topological polar surface area (TPSA) is 109 Å². The van der Waals surface area contributed by atoms with Crippen molar-refractivity contribution < 1.29 is 9.53 Å². The van der Waals surface area contributed by atoms with Gasteiger partial charge >= 0.3 is 0 Å². The Labute approximate surface area is 206 Å². The molecular formula is C27H34N6O2. The summed E-state index contributed by atoms with van der Waals surface area (Å²) in [6.07, 6.45) is 9.13. The summed E-state index contributed by atoms with van der Waals surface area (Å²) in [4.78, 5) is 27.3. The van der Waals surface area contributed by atoms with Crippen LogP contribution in [-0.2, 0) is 11.2 Å². The van der Waals surface area contributed by atoms with Gasteiger partial charge in [-0.2, -0.15) is 0 Å². The lowest BCUT2D eigenvalue weighted by Gasteiger charge is -2.28. The summed E-state index contributed by atoms with van der Waals surface area (Å²) in [5.41, 5.74) is 10.4. The molecule has 1 amide bonds. The third-order valence-electron chi connectivity index (χ3n) is 7.15. The van der Waals surface area contributed by atoms with Crippen molar-refractivity contribution in [3.63, 3.8) is 0 Å². The minimum absolute atomic E-state index is 0.0194. The first-order chi connectivity index (χ1) is 16.9. The second-order valence-corrected chi connectivity index (χ2v) is 9.92. The molecule has 8 nitrogen and oxygen atoms in total. The number of primary amides is 1. The van der Waals surface area contributed by atoms with Gasteiger partial charge in [-0.1, -0.05) is 25.5 Å². The van der Waals surface area contributed by atoms with Crippen LogP contribution in [0.4, 0.5) is 5.69 Å². The molecule has 3 aromatic rings. The Morgan fingerprint density at radius 1 is 1.23 bits per heavy atom. The molecule has 2 heterocycles. The van der Waals surface area contributed by atoms with Gasteiger partial charge in [0.1, 0.15) is 23.7 Å². The van der Waals surface area contributed by atoms with E-state index >= 15 is 0 Å². The number of rotatable bonds is 10. The van der Waals surface area contributed by atoms with Gasteiger partial charge < -0.3 is 25.7 Å². The largest absolute Gasteiger partial charge is 0.492 e. The number of fused-ring (bicyclic) bond motifs is 3. The van der Waals surface area contributed by atoms with Crippen molar-refractivity contribution in [1.82, 2.24) is 19.9 Å². The Kier molecular flexibility index (Phi) is 6.47. The maximum absolute atomic E-state index is 12.3. The third-order valence-corrected chi connectivity index (χ3v) is 7.15. The fraction of sp³-hybridized carbons (Fsp3) is 0.444. The number of hydrogen-bond acceptors (Lipinski definition) is 6. The number of ether oxygens (including phenoxy) is 1. The fourth-order valence-electron chi connectivity index (χ4n) is 5.39. The van der Waals surface area contributed by atoms with Crippen molar-refractivity contribution in [3.05, 3.63) is 48.2 Å². The van der Waals surface area contributed by atoms with E-state index in [9.17, 15) is 4.79 Å². The summed E-state index contributed by atoms with van der Waals surface area (Å²) >= 11 is 0. The van der Waals surface area contributed by atoms with Crippen molar-refractivity contribution in [1.29, 1.82) is 0 Å². The van der Waals surface area contributed by atoms with Gasteiger partial charge in [0.25, 0.3) is 0 Å². The van der Waals surface area contributed by atoms with Gasteiger partial charge in [0.15, 0.2) is 5.65 Å². The highest BCUT2D eigenvalue weighted by Gasteiger charge is 2.47. The van der Waals surface area contributed by atoms with E-state index in [2.05, 4.69) is 39.3 Å². The number of aromatic nitrogens is 3. The van der Waals surface area contributed by atoms with Gasteiger partial charge in [0.2, 0.25) is 5.91 Å². The number of anilines is 1. The summed E-state index contributed by atoms with van der Waals surface area (Å²) in [6.45, 7) is 3.66. The maximum Gasteiger partial charge on any atom is 0.223 e. The minimum Gasteiger partial charge on any atom is -0.492 e. The van der Waals surface area contributed by atoms with Crippen LogP contribution in [0, 0.1) is 17.8 Å². The van der Waals surface area contributed by atoms with Gasteiger partial charge in [-0.3, -0.25) is 4.79 Å². The van der Waals surface area contributed by atoms with E-state index in [1.165, 1.54) is 0 Å². The molecule has 0 spiro atoms. The molecule has 4 N–H and O–H groups in total. The molecule has 4 unspecified atom stereocenters. The van der Waals surface area contributed by atoms with Crippen molar-refractivity contribution in [2.24, 2.45) is 23.5 Å². The van der Waals surface area contributed by atoms with E-state index < -0.39 is 0 Å². The third kappa shape index (κ3) is 4.62. The summed E-state index contributed by atoms with van der Waals surface area (Å²) in [5.74, 6) is 1.67. The van der Waals surface area contributed by atoms with Gasteiger partial charge in [0.05, 0.1) is 11.6 Å². The van der Waals surface area contributed by atoms with Crippen LogP contribution in [0.15, 0.2) is 42.6 Å². The molecule has 1 fully saturated rings. The highest BCUT2D eigenvalue weighted by atomic mass is 16.5. The number of pyridine rings is 1. The summed E-state index contributed by atoms with van der Waals surface area (Å²) in [7, 11) is 4.05. The normalized spacial score (nSPS) is 22.9. The van der Waals surface area contributed by atoms with Crippen LogP contribution >= 0.6 is 0 Å². The van der Waals surface area contributed by atoms with Crippen LogP contribution in [0.25, 0.3) is 22.6 Å². The predicted octanol–water partition coefficient (Wildman–Crippen LogP) is 3.61. The Balaban J connectivity index is 1.44. The van der Waals surface area contributed by atoms with Gasteiger partial charge in [-0.05, 0) is 68.6 Å². The van der Waals surface area contributed by atoms with E-state index in [1.807, 2.05) is 44.6 Å². The highest BCUT2D eigenvalue weighted by Crippen LogP contribution is 2.45. The lowest BCUT2D eigenvalue weighted by molar-refractivity contribution is -0.122. The number of benzene rings is 1. The first kappa shape index (κ1) is 23.4. The Bertz CT molecular complexity index is 1230. The molecular weight excluding hydrogens is 440 g/mol. The van der Waals surface area contributed by atoms with Crippen molar-refractivity contribution in [3.8, 4) is 17.1 Å². The second kappa shape index (κ2) is 9.70. The number of nitrogens with zero attached hydrogens (tertiary/aromatic N) is 3. The van der Waals surface area contributed by atoms with E-state index in [-0.39, 0.29) is 23.8 Å². The summed E-state index contributed by atoms with van der Waals surface area (Å²) < 4.78 is 5.82. The molecule has 184 valence electrons. The molecule has 0 aliphatic heterocycles. The van der Waals surface area contributed by atoms with E-state index in [0.29, 0.717) is 18.2 Å². The molecule has 35 heavy (non-hydrogen) atoms. The van der Waals surface area contributed by atoms with Crippen LogP contribution in [0.2, 0.25) is 0 Å². The summed E-state index contributed by atoms with van der Waals surface area (Å²) in [5, 5.41) is 3.72. The molecule has 1 saturated carbocycles. The van der Waals surface area contributed by atoms with E-state index in [4.69, 9.17) is 15.5 Å². The Morgan fingerprint density at radius 2 is 2.00 bits per heavy atom. The lowest BCUT2D eigenvalue weighted by atomic mass is 9.88. The fourth-order valence-corrected chi connectivity index (χ4v) is 5.39. The number of carbonyl (C=O) groups is 1. The zero-order valence-electron chi connectivity index (χ0n) is 20.6. The number of aromatic amines is 1. The van der Waals surface area contributed by atoms with Crippen LogP contribution in [-0.4, -0.2) is 59.0 Å². The number of nitrogens with one attached hydrogen (secondary N) is 2. The monoisotopic (exact) mass is 474 g/mol. The average molecular weight is 475 g/mol. The molecule has 8 heteroatoms. The molecule has 4 atom stereocenters. The number of likely N-dealkylation sites (N-methyl/N-ethyl adjacent to an activating group) is 1. The van der Waals surface area contributed by atoms with Crippen LogP contribution in [0.5, 0.6) is 5.75 Å². The number of nitrogens with two attached hydrogens (primary N) is 1. The molecule has 1 aromatic carbocycles. The number of carbonyl (C=O) groups excluding carboxylic acids is 1. The Morgan fingerprint density at radius 3 is 2.71 bits per heavy atom. The van der Waals surface area contributed by atoms with Gasteiger partial charge in [-0.25, -0.2) is 9.97 Å². The van der Waals surface area contributed by atoms with E-state index in [0.717, 1.165) is 59.7 Å². The number of H-pyrrole nitrogens is 1. The predicted molar refractivity (Wildman–Crippen MR) is 138 cm³/mol. The van der Waals surface area contributed by atoms with Gasteiger partial charge in [-0.15, -0.1) is 0 Å². The van der Waals surface area contributed by atoms with Crippen LogP contribution in [0.3, 0.4) is 0 Å².